The maximum absolute atomic E-state index is 13.0. The Balaban J connectivity index is 1.24. The first-order valence-electron chi connectivity index (χ1n) is 11.3. The number of para-hydroxylation sites is 1. The first-order valence-corrected chi connectivity index (χ1v) is 11.7. The third kappa shape index (κ3) is 5.49. The lowest BCUT2D eigenvalue weighted by atomic mass is 9.87. The molecule has 2 amide bonds. The van der Waals surface area contributed by atoms with E-state index in [0.717, 1.165) is 45.4 Å². The summed E-state index contributed by atoms with van der Waals surface area (Å²) in [5, 5.41) is 3.41. The minimum absolute atomic E-state index is 0.0710. The Morgan fingerprint density at radius 1 is 1.00 bits per heavy atom. The standard InChI is InChI=1S/C25H31ClN4O2/c1-28(23-12-6-8-19-7-2-3-9-20(19)23)25(32)18-30-15-13-29(14-16-30)17-24(31)27-22-11-5-4-10-21(22)26/h2-5,7,9-11,23H,6,8,12-18H2,1H3,(H,27,31). The molecule has 1 heterocycles. The Labute approximate surface area is 195 Å². The van der Waals surface area contributed by atoms with Gasteiger partial charge in [-0.05, 0) is 42.5 Å². The predicted octanol–water partition coefficient (Wildman–Crippen LogP) is 3.43. The topological polar surface area (TPSA) is 55.9 Å². The van der Waals surface area contributed by atoms with Gasteiger partial charge in [-0.2, -0.15) is 0 Å². The van der Waals surface area contributed by atoms with E-state index in [2.05, 4.69) is 39.4 Å². The summed E-state index contributed by atoms with van der Waals surface area (Å²) in [4.78, 5) is 31.6. The number of likely N-dealkylation sites (N-methyl/N-ethyl adjacent to an activating group) is 1. The molecule has 1 unspecified atom stereocenters. The number of rotatable bonds is 6. The highest BCUT2D eigenvalue weighted by Crippen LogP contribution is 2.33. The molecule has 1 fully saturated rings. The van der Waals surface area contributed by atoms with Crippen molar-refractivity contribution in [2.45, 2.75) is 25.3 Å². The van der Waals surface area contributed by atoms with Crippen molar-refractivity contribution in [3.05, 3.63) is 64.7 Å². The number of amides is 2. The van der Waals surface area contributed by atoms with Gasteiger partial charge in [0, 0.05) is 33.2 Å². The number of hydrogen-bond acceptors (Lipinski definition) is 4. The Morgan fingerprint density at radius 2 is 1.66 bits per heavy atom. The van der Waals surface area contributed by atoms with Gasteiger partial charge in [0.1, 0.15) is 0 Å². The summed E-state index contributed by atoms with van der Waals surface area (Å²) in [7, 11) is 1.93. The first-order chi connectivity index (χ1) is 15.5. The molecule has 2 aliphatic rings. The summed E-state index contributed by atoms with van der Waals surface area (Å²) in [6.07, 6.45) is 3.24. The molecule has 170 valence electrons. The van der Waals surface area contributed by atoms with Crippen molar-refractivity contribution in [1.29, 1.82) is 0 Å². The van der Waals surface area contributed by atoms with E-state index in [9.17, 15) is 9.59 Å². The van der Waals surface area contributed by atoms with Crippen molar-refractivity contribution in [1.82, 2.24) is 14.7 Å². The molecule has 32 heavy (non-hydrogen) atoms. The molecule has 1 aliphatic heterocycles. The van der Waals surface area contributed by atoms with Crippen LogP contribution in [-0.2, 0) is 16.0 Å². The van der Waals surface area contributed by atoms with E-state index < -0.39 is 0 Å². The summed E-state index contributed by atoms with van der Waals surface area (Å²) >= 11 is 6.12. The first kappa shape index (κ1) is 22.8. The minimum Gasteiger partial charge on any atom is -0.338 e. The van der Waals surface area contributed by atoms with E-state index >= 15 is 0 Å². The summed E-state index contributed by atoms with van der Waals surface area (Å²) in [6.45, 7) is 3.83. The van der Waals surface area contributed by atoms with Crippen LogP contribution in [0.15, 0.2) is 48.5 Å². The SMILES string of the molecule is CN(C(=O)CN1CCN(CC(=O)Nc2ccccc2Cl)CC1)C1CCCc2ccccc21. The average Bonchev–Trinajstić information content (AvgIpc) is 2.81. The number of nitrogens with zero attached hydrogens (tertiary/aromatic N) is 3. The van der Waals surface area contributed by atoms with E-state index in [-0.39, 0.29) is 17.9 Å². The van der Waals surface area contributed by atoms with Crippen molar-refractivity contribution in [2.75, 3.05) is 51.6 Å². The highest BCUT2D eigenvalue weighted by molar-refractivity contribution is 6.33. The maximum atomic E-state index is 13.0. The van der Waals surface area contributed by atoms with E-state index in [4.69, 9.17) is 11.6 Å². The summed E-state index contributed by atoms with van der Waals surface area (Å²) in [6, 6.07) is 15.9. The van der Waals surface area contributed by atoms with Crippen LogP contribution in [0.1, 0.15) is 30.0 Å². The van der Waals surface area contributed by atoms with E-state index in [1.165, 1.54) is 11.1 Å². The van der Waals surface area contributed by atoms with Gasteiger partial charge in [-0.15, -0.1) is 0 Å². The van der Waals surface area contributed by atoms with Gasteiger partial charge >= 0.3 is 0 Å². The van der Waals surface area contributed by atoms with E-state index in [1.807, 2.05) is 24.1 Å². The van der Waals surface area contributed by atoms with Gasteiger partial charge in [0.15, 0.2) is 0 Å². The Kier molecular flexibility index (Phi) is 7.45. The van der Waals surface area contributed by atoms with Crippen LogP contribution < -0.4 is 5.32 Å². The highest BCUT2D eigenvalue weighted by Gasteiger charge is 2.28. The van der Waals surface area contributed by atoms with Crippen molar-refractivity contribution in [3.8, 4) is 0 Å². The molecule has 4 rings (SSSR count). The number of halogens is 1. The van der Waals surface area contributed by atoms with Crippen molar-refractivity contribution in [3.63, 3.8) is 0 Å². The number of carbonyl (C=O) groups is 2. The Morgan fingerprint density at radius 3 is 2.41 bits per heavy atom. The van der Waals surface area contributed by atoms with Crippen molar-refractivity contribution < 1.29 is 9.59 Å². The van der Waals surface area contributed by atoms with Crippen LogP contribution in [0.4, 0.5) is 5.69 Å². The second-order valence-corrected chi connectivity index (χ2v) is 9.10. The van der Waals surface area contributed by atoms with Gasteiger partial charge in [-0.1, -0.05) is 48.0 Å². The van der Waals surface area contributed by atoms with Crippen LogP contribution in [0.5, 0.6) is 0 Å². The average molecular weight is 455 g/mol. The quantitative estimate of drug-likeness (QED) is 0.726. The van der Waals surface area contributed by atoms with Crippen LogP contribution in [0.2, 0.25) is 5.02 Å². The molecule has 2 aromatic rings. The van der Waals surface area contributed by atoms with Crippen molar-refractivity contribution >= 4 is 29.1 Å². The number of hydrogen-bond donors (Lipinski definition) is 1. The number of piperazine rings is 1. The molecular weight excluding hydrogens is 424 g/mol. The van der Waals surface area contributed by atoms with Crippen LogP contribution in [0.3, 0.4) is 0 Å². The molecule has 1 saturated heterocycles. The van der Waals surface area contributed by atoms with E-state index in [0.29, 0.717) is 23.8 Å². The fourth-order valence-electron chi connectivity index (χ4n) is 4.67. The zero-order valence-corrected chi connectivity index (χ0v) is 19.4. The van der Waals surface area contributed by atoms with Gasteiger partial charge in [0.2, 0.25) is 11.8 Å². The van der Waals surface area contributed by atoms with Gasteiger partial charge in [-0.3, -0.25) is 19.4 Å². The molecule has 0 spiro atoms. The van der Waals surface area contributed by atoms with Crippen LogP contribution in [0, 0.1) is 0 Å². The third-order valence-corrected chi connectivity index (χ3v) is 6.87. The molecule has 0 bridgehead atoms. The maximum Gasteiger partial charge on any atom is 0.238 e. The predicted molar refractivity (Wildman–Crippen MR) is 128 cm³/mol. The van der Waals surface area contributed by atoms with Crippen LogP contribution in [0.25, 0.3) is 0 Å². The number of nitrogens with one attached hydrogen (secondary N) is 1. The number of aryl methyl sites for hydroxylation is 1. The second kappa shape index (κ2) is 10.5. The van der Waals surface area contributed by atoms with Gasteiger partial charge in [-0.25, -0.2) is 0 Å². The summed E-state index contributed by atoms with van der Waals surface area (Å²) in [5.41, 5.74) is 3.30. The number of carbonyl (C=O) groups excluding carboxylic acids is 2. The lowest BCUT2D eigenvalue weighted by Crippen LogP contribution is -2.51. The lowest BCUT2D eigenvalue weighted by Gasteiger charge is -2.37. The third-order valence-electron chi connectivity index (χ3n) is 6.54. The van der Waals surface area contributed by atoms with Gasteiger partial charge in [0.25, 0.3) is 0 Å². The minimum atomic E-state index is -0.0710. The number of fused-ring (bicyclic) bond motifs is 1. The smallest absolute Gasteiger partial charge is 0.238 e. The Bertz CT molecular complexity index is 958. The number of anilines is 1. The summed E-state index contributed by atoms with van der Waals surface area (Å²) in [5.74, 6) is 0.0925. The molecule has 0 aromatic heterocycles. The molecule has 0 radical (unpaired) electrons. The summed E-state index contributed by atoms with van der Waals surface area (Å²) < 4.78 is 0. The molecule has 7 heteroatoms. The molecule has 2 aromatic carbocycles. The molecule has 1 atom stereocenters. The zero-order valence-electron chi connectivity index (χ0n) is 18.6. The lowest BCUT2D eigenvalue weighted by molar-refractivity contribution is -0.134. The van der Waals surface area contributed by atoms with Gasteiger partial charge in [0.05, 0.1) is 29.8 Å². The zero-order chi connectivity index (χ0) is 22.5. The van der Waals surface area contributed by atoms with Crippen molar-refractivity contribution in [2.24, 2.45) is 0 Å². The Hall–Kier alpha value is -2.41. The molecule has 0 saturated carbocycles. The fraction of sp³-hybridized carbons (Fsp3) is 0.440. The fourth-order valence-corrected chi connectivity index (χ4v) is 4.85. The van der Waals surface area contributed by atoms with E-state index in [1.54, 1.807) is 12.1 Å². The highest BCUT2D eigenvalue weighted by atomic mass is 35.5. The largest absolute Gasteiger partial charge is 0.338 e. The molecule has 6 nitrogen and oxygen atoms in total. The monoisotopic (exact) mass is 454 g/mol. The molecule has 1 N–H and O–H groups in total. The second-order valence-electron chi connectivity index (χ2n) is 8.69. The van der Waals surface area contributed by atoms with Crippen LogP contribution in [-0.4, -0.2) is 72.8 Å². The van der Waals surface area contributed by atoms with Crippen LogP contribution >= 0.6 is 11.6 Å². The molecular formula is C25H31ClN4O2. The number of benzene rings is 2. The van der Waals surface area contributed by atoms with Gasteiger partial charge < -0.3 is 10.2 Å². The normalized spacial score (nSPS) is 19.2. The molecule has 1 aliphatic carbocycles.